The highest BCUT2D eigenvalue weighted by Crippen LogP contribution is 2.34. The van der Waals surface area contributed by atoms with Crippen molar-refractivity contribution >= 4 is 22.7 Å². The molecular weight excluding hydrogens is 398 g/mol. The van der Waals surface area contributed by atoms with Gasteiger partial charge in [-0.2, -0.15) is 10.2 Å². The summed E-state index contributed by atoms with van der Waals surface area (Å²) in [5.41, 5.74) is 0.880. The summed E-state index contributed by atoms with van der Waals surface area (Å²) in [6, 6.07) is 3.97. The van der Waals surface area contributed by atoms with Gasteiger partial charge in [0.05, 0.1) is 32.1 Å². The molecule has 2 aliphatic rings. The first-order valence-electron chi connectivity index (χ1n) is 11.6. The van der Waals surface area contributed by atoms with E-state index >= 15 is 0 Å². The van der Waals surface area contributed by atoms with Gasteiger partial charge in [0.1, 0.15) is 28.7 Å². The average molecular weight is 426 g/mol. The number of ether oxygens (including phenoxy) is 3. The van der Waals surface area contributed by atoms with Crippen LogP contribution in [0.4, 0.5) is 11.6 Å². The molecular formula is C21H25N7O3. The second kappa shape index (κ2) is 7.21. The minimum Gasteiger partial charge on any atom is -0.466 e. The summed E-state index contributed by atoms with van der Waals surface area (Å²) in [6.07, 6.45) is 2.69. The molecule has 0 radical (unpaired) electrons. The molecule has 0 bridgehead atoms. The van der Waals surface area contributed by atoms with Gasteiger partial charge in [0.15, 0.2) is 6.10 Å². The van der Waals surface area contributed by atoms with Crippen LogP contribution < -0.4 is 10.1 Å². The molecule has 0 amide bonds. The molecule has 0 aromatic carbocycles. The number of aromatic nitrogens is 5. The Bertz CT molecular complexity index is 1280. The molecule has 3 aromatic rings. The maximum absolute atomic E-state index is 9.67. The van der Waals surface area contributed by atoms with Crippen LogP contribution in [0.3, 0.4) is 0 Å². The standard InChI is InChI=1S/C21H25N7O3/c1-12-9-29-10-16(12)28-14(6-22)5-13-7-23-20(25-18(13)28)24-15-8-27(4)26-19(15)31-17-11-30-21(17,2)3/h5,7-8,12,16-17H,9-11H2,1-4H3,(H,23,24,25)/t12-,16-,17?/m0/s1/i4D3. The summed E-state index contributed by atoms with van der Waals surface area (Å²) in [6.45, 7) is 4.85. The van der Waals surface area contributed by atoms with Crippen LogP contribution in [-0.2, 0) is 16.4 Å². The first-order valence-corrected chi connectivity index (χ1v) is 10.1. The van der Waals surface area contributed by atoms with Crippen molar-refractivity contribution in [3.63, 3.8) is 0 Å². The molecule has 3 aromatic heterocycles. The fourth-order valence-corrected chi connectivity index (χ4v) is 3.92. The number of aryl methyl sites for hydroxylation is 1. The number of nitrogens with one attached hydrogen (secondary N) is 1. The molecule has 1 unspecified atom stereocenters. The minimum atomic E-state index is -2.48. The number of nitriles is 1. The third-order valence-electron chi connectivity index (χ3n) is 5.91. The van der Waals surface area contributed by atoms with Crippen LogP contribution in [-0.4, -0.2) is 55.8 Å². The molecule has 31 heavy (non-hydrogen) atoms. The molecule has 0 aliphatic carbocycles. The Morgan fingerprint density at radius 3 is 2.90 bits per heavy atom. The molecule has 2 saturated heterocycles. The van der Waals surface area contributed by atoms with Gasteiger partial charge in [0.2, 0.25) is 5.95 Å². The van der Waals surface area contributed by atoms with E-state index in [0.717, 1.165) is 10.1 Å². The monoisotopic (exact) mass is 426 g/mol. The molecule has 2 aliphatic heterocycles. The highest BCUT2D eigenvalue weighted by Gasteiger charge is 2.43. The fraction of sp³-hybridized carbons (Fsp3) is 0.524. The van der Waals surface area contributed by atoms with Crippen LogP contribution in [0.15, 0.2) is 18.5 Å². The van der Waals surface area contributed by atoms with E-state index in [0.29, 0.717) is 36.8 Å². The van der Waals surface area contributed by atoms with Crippen molar-refractivity contribution in [1.29, 1.82) is 5.26 Å². The summed E-state index contributed by atoms with van der Waals surface area (Å²) < 4.78 is 43.0. The normalized spacial score (nSPS) is 26.5. The SMILES string of the molecule is [2H]C([2H])([2H])n1cc(Nc2ncc3cc(C#N)n([C@H]4COC[C@@H]4C)c3n2)c(OC2COC2(C)C)n1. The van der Waals surface area contributed by atoms with Crippen LogP contribution in [0.2, 0.25) is 0 Å². The largest absolute Gasteiger partial charge is 0.466 e. The van der Waals surface area contributed by atoms with E-state index in [1.165, 1.54) is 6.20 Å². The summed E-state index contributed by atoms with van der Waals surface area (Å²) in [4.78, 5) is 9.01. The van der Waals surface area contributed by atoms with Crippen LogP contribution in [0.25, 0.3) is 11.0 Å². The lowest BCUT2D eigenvalue weighted by molar-refractivity contribution is -0.208. The number of hydrogen-bond donors (Lipinski definition) is 1. The Kier molecular flexibility index (Phi) is 3.85. The zero-order chi connectivity index (χ0) is 24.3. The highest BCUT2D eigenvalue weighted by atomic mass is 16.6. The molecule has 5 rings (SSSR count). The Morgan fingerprint density at radius 2 is 2.26 bits per heavy atom. The third kappa shape index (κ3) is 3.40. The first-order chi connectivity index (χ1) is 16.1. The molecule has 0 saturated carbocycles. The Hall–Kier alpha value is -3.16. The van der Waals surface area contributed by atoms with Gasteiger partial charge in [0, 0.05) is 28.6 Å². The van der Waals surface area contributed by atoms with Crippen LogP contribution in [0.1, 0.15) is 36.6 Å². The van der Waals surface area contributed by atoms with Gasteiger partial charge in [-0.3, -0.25) is 4.68 Å². The van der Waals surface area contributed by atoms with E-state index < -0.39 is 12.6 Å². The number of anilines is 2. The van der Waals surface area contributed by atoms with E-state index in [-0.39, 0.29) is 29.9 Å². The molecule has 10 nitrogen and oxygen atoms in total. The van der Waals surface area contributed by atoms with Gasteiger partial charge in [-0.05, 0) is 19.9 Å². The van der Waals surface area contributed by atoms with Crippen molar-refractivity contribution in [2.45, 2.75) is 38.5 Å². The summed E-state index contributed by atoms with van der Waals surface area (Å²) in [5, 5.41) is 17.6. The van der Waals surface area contributed by atoms with Crippen molar-refractivity contribution < 1.29 is 18.3 Å². The lowest BCUT2D eigenvalue weighted by Crippen LogP contribution is -2.56. The molecule has 0 spiro atoms. The van der Waals surface area contributed by atoms with Crippen molar-refractivity contribution in [3.05, 3.63) is 24.2 Å². The molecule has 162 valence electrons. The molecule has 2 fully saturated rings. The topological polar surface area (TPSA) is 112 Å². The number of fused-ring (bicyclic) bond motifs is 1. The molecule has 5 heterocycles. The van der Waals surface area contributed by atoms with E-state index in [1.807, 2.05) is 18.4 Å². The van der Waals surface area contributed by atoms with Crippen molar-refractivity contribution in [3.8, 4) is 11.9 Å². The van der Waals surface area contributed by atoms with Gasteiger partial charge in [-0.1, -0.05) is 6.92 Å². The Labute approximate surface area is 184 Å². The number of rotatable bonds is 5. The smallest absolute Gasteiger partial charge is 0.257 e. The number of hydrogen-bond acceptors (Lipinski definition) is 8. The summed E-state index contributed by atoms with van der Waals surface area (Å²) >= 11 is 0. The van der Waals surface area contributed by atoms with Gasteiger partial charge in [-0.15, -0.1) is 5.10 Å². The van der Waals surface area contributed by atoms with Crippen LogP contribution in [0, 0.1) is 17.2 Å². The Morgan fingerprint density at radius 1 is 1.39 bits per heavy atom. The van der Waals surface area contributed by atoms with Crippen LogP contribution >= 0.6 is 0 Å². The van der Waals surface area contributed by atoms with Gasteiger partial charge in [-0.25, -0.2) is 4.98 Å². The molecule has 3 atom stereocenters. The van der Waals surface area contributed by atoms with E-state index in [2.05, 4.69) is 33.4 Å². The van der Waals surface area contributed by atoms with Crippen molar-refractivity contribution in [2.75, 3.05) is 25.1 Å². The van der Waals surface area contributed by atoms with E-state index in [4.69, 9.17) is 18.3 Å². The van der Waals surface area contributed by atoms with E-state index in [9.17, 15) is 5.26 Å². The van der Waals surface area contributed by atoms with Gasteiger partial charge >= 0.3 is 0 Å². The number of nitrogens with zero attached hydrogens (tertiary/aromatic N) is 6. The highest BCUT2D eigenvalue weighted by molar-refractivity contribution is 5.79. The molecule has 10 heteroatoms. The van der Waals surface area contributed by atoms with Crippen LogP contribution in [0.5, 0.6) is 5.88 Å². The zero-order valence-corrected chi connectivity index (χ0v) is 17.5. The van der Waals surface area contributed by atoms with Crippen molar-refractivity contribution in [1.82, 2.24) is 24.3 Å². The molecule has 1 N–H and O–H groups in total. The minimum absolute atomic E-state index is 0.0204. The summed E-state index contributed by atoms with van der Waals surface area (Å²) in [7, 11) is 0. The quantitative estimate of drug-likeness (QED) is 0.662. The van der Waals surface area contributed by atoms with Gasteiger partial charge in [0.25, 0.3) is 5.88 Å². The lowest BCUT2D eigenvalue weighted by Gasteiger charge is -2.43. The first kappa shape index (κ1) is 16.5. The lowest BCUT2D eigenvalue weighted by atomic mass is 9.96. The van der Waals surface area contributed by atoms with E-state index in [1.54, 1.807) is 12.3 Å². The van der Waals surface area contributed by atoms with Crippen molar-refractivity contribution in [2.24, 2.45) is 12.9 Å². The van der Waals surface area contributed by atoms with Gasteiger partial charge < -0.3 is 24.1 Å². The maximum Gasteiger partial charge on any atom is 0.257 e. The third-order valence-corrected chi connectivity index (χ3v) is 5.91. The summed E-state index contributed by atoms with van der Waals surface area (Å²) in [5.74, 6) is 0.564. The second-order valence-corrected chi connectivity index (χ2v) is 8.50. The predicted octanol–water partition coefficient (Wildman–Crippen LogP) is 2.54. The second-order valence-electron chi connectivity index (χ2n) is 8.50. The zero-order valence-electron chi connectivity index (χ0n) is 20.5. The fourth-order valence-electron chi connectivity index (χ4n) is 3.92. The Balaban J connectivity index is 1.51. The maximum atomic E-state index is 9.67. The predicted molar refractivity (Wildman–Crippen MR) is 112 cm³/mol. The average Bonchev–Trinajstić information content (AvgIpc) is 3.47.